The lowest BCUT2D eigenvalue weighted by Gasteiger charge is -2.48. The van der Waals surface area contributed by atoms with E-state index in [0.717, 1.165) is 51.4 Å². The van der Waals surface area contributed by atoms with Crippen LogP contribution in [0.15, 0.2) is 60.8 Å². The van der Waals surface area contributed by atoms with Crippen LogP contribution in [0.2, 0.25) is 0 Å². The van der Waals surface area contributed by atoms with Crippen LogP contribution in [-0.4, -0.2) is 193 Å². The van der Waals surface area contributed by atoms with Gasteiger partial charge in [-0.05, 0) is 70.6 Å². The highest BCUT2D eigenvalue weighted by atomic mass is 16.8. The van der Waals surface area contributed by atoms with Crippen molar-refractivity contribution in [3.63, 3.8) is 0 Å². The van der Waals surface area contributed by atoms with Gasteiger partial charge in [-0.3, -0.25) is 4.79 Å². The molecule has 0 radical (unpaired) electrons. The van der Waals surface area contributed by atoms with E-state index in [1.54, 1.807) is 6.08 Å². The molecule has 17 atom stereocenters. The van der Waals surface area contributed by atoms with E-state index in [0.29, 0.717) is 12.8 Å². The largest absolute Gasteiger partial charge is 0.394 e. The molecule has 17 unspecified atom stereocenters. The summed E-state index contributed by atoms with van der Waals surface area (Å²) in [6, 6.07) is -0.996. The first-order valence-corrected chi connectivity index (χ1v) is 30.5. The molecule has 80 heavy (non-hydrogen) atoms. The van der Waals surface area contributed by atoms with Crippen LogP contribution in [0.4, 0.5) is 0 Å². The second-order valence-electron chi connectivity index (χ2n) is 21.8. The maximum atomic E-state index is 13.3. The number of aliphatic hydroxyl groups excluding tert-OH is 11. The predicted octanol–water partition coefficient (Wildman–Crippen LogP) is 5.65. The Morgan fingerprint density at radius 2 is 0.875 bits per heavy atom. The fourth-order valence-electron chi connectivity index (χ4n) is 10.0. The molecule has 3 saturated heterocycles. The molecule has 0 aromatic carbocycles. The molecule has 464 valence electrons. The van der Waals surface area contributed by atoms with Crippen LogP contribution in [0, 0.1) is 0 Å². The average molecular weight is 1140 g/mol. The van der Waals surface area contributed by atoms with Gasteiger partial charge in [0.15, 0.2) is 18.9 Å². The van der Waals surface area contributed by atoms with Crippen molar-refractivity contribution in [2.75, 3.05) is 26.4 Å². The number of carbonyl (C=O) groups is 1. The van der Waals surface area contributed by atoms with Crippen LogP contribution in [0.5, 0.6) is 0 Å². The summed E-state index contributed by atoms with van der Waals surface area (Å²) in [6.07, 6.45) is 23.8. The second kappa shape index (κ2) is 44.0. The predicted molar refractivity (Wildman–Crippen MR) is 305 cm³/mol. The lowest BCUT2D eigenvalue weighted by Crippen LogP contribution is -2.66. The highest BCUT2D eigenvalue weighted by Gasteiger charge is 2.53. The lowest BCUT2D eigenvalue weighted by atomic mass is 9.96. The van der Waals surface area contributed by atoms with Crippen molar-refractivity contribution in [2.45, 2.75) is 291 Å². The molecule has 12 N–H and O–H groups in total. The number of nitrogens with one attached hydrogen (secondary N) is 1. The van der Waals surface area contributed by atoms with E-state index in [4.69, 9.17) is 28.4 Å². The number of ether oxygens (including phenoxy) is 6. The van der Waals surface area contributed by atoms with E-state index in [-0.39, 0.29) is 18.9 Å². The Kier molecular flexibility index (Phi) is 39.5. The molecule has 3 heterocycles. The zero-order valence-corrected chi connectivity index (χ0v) is 48.3. The van der Waals surface area contributed by atoms with Gasteiger partial charge in [0.1, 0.15) is 73.2 Å². The van der Waals surface area contributed by atoms with E-state index in [1.807, 2.05) is 6.08 Å². The summed E-state index contributed by atoms with van der Waals surface area (Å²) in [4.78, 5) is 13.3. The summed E-state index contributed by atoms with van der Waals surface area (Å²) in [6.45, 7) is 1.54. The first-order valence-electron chi connectivity index (χ1n) is 30.5. The van der Waals surface area contributed by atoms with Crippen molar-refractivity contribution in [3.8, 4) is 0 Å². The summed E-state index contributed by atoms with van der Waals surface area (Å²) in [7, 11) is 0. The number of hydrogen-bond donors (Lipinski definition) is 12. The van der Waals surface area contributed by atoms with E-state index in [1.165, 1.54) is 103 Å². The van der Waals surface area contributed by atoms with Gasteiger partial charge in [0.2, 0.25) is 5.91 Å². The molecule has 0 aromatic rings. The van der Waals surface area contributed by atoms with Crippen molar-refractivity contribution < 1.29 is 89.4 Å². The average Bonchev–Trinajstić information content (AvgIpc) is 3.45. The molecule has 0 aliphatic carbocycles. The maximum absolute atomic E-state index is 13.3. The molecular weight excluding hydrogens is 1030 g/mol. The minimum absolute atomic E-state index is 0.229. The van der Waals surface area contributed by atoms with E-state index < -0.39 is 124 Å². The standard InChI is InChI=1S/C61H107NO18/c1-3-5-7-9-11-13-15-16-17-18-19-20-21-22-23-24-25-26-27-28-29-31-33-35-37-39-49(67)62-44(45(66)38-36-34-32-30-14-12-10-8-6-4-2)43-75-59-55(73)52(70)57(47(41-64)77-59)80-61-56(74)53(71)58(48(42-65)78-61)79-60-54(72)51(69)50(68)46(40-63)76-60/h6,8,14-16,18-19,30,36,38,44-48,50-61,63-66,68-74H,3-5,7,9-13,17,20-29,31-35,37,39-43H2,1-2H3,(H,62,67)/b8-6+,16-15-,19-18-,30-14+,38-36+. The van der Waals surface area contributed by atoms with Crippen molar-refractivity contribution in [3.05, 3.63) is 60.8 Å². The molecule has 3 rings (SSSR count). The van der Waals surface area contributed by atoms with Gasteiger partial charge in [-0.25, -0.2) is 0 Å². The summed E-state index contributed by atoms with van der Waals surface area (Å²) >= 11 is 0. The smallest absolute Gasteiger partial charge is 0.220 e. The van der Waals surface area contributed by atoms with E-state index in [9.17, 15) is 61.0 Å². The van der Waals surface area contributed by atoms with Crippen LogP contribution in [-0.2, 0) is 33.2 Å². The van der Waals surface area contributed by atoms with Gasteiger partial charge >= 0.3 is 0 Å². The Morgan fingerprint density at radius 3 is 1.38 bits per heavy atom. The van der Waals surface area contributed by atoms with E-state index >= 15 is 0 Å². The molecule has 19 heteroatoms. The maximum Gasteiger partial charge on any atom is 0.220 e. The number of rotatable bonds is 44. The zero-order chi connectivity index (χ0) is 58.3. The van der Waals surface area contributed by atoms with E-state index in [2.05, 4.69) is 67.8 Å². The molecule has 0 aromatic heterocycles. The van der Waals surface area contributed by atoms with Crippen molar-refractivity contribution >= 4 is 5.91 Å². The fourth-order valence-corrected chi connectivity index (χ4v) is 10.0. The third-order valence-electron chi connectivity index (χ3n) is 15.0. The number of unbranched alkanes of at least 4 members (excludes halogenated alkanes) is 20. The Labute approximate surface area is 477 Å². The van der Waals surface area contributed by atoms with Crippen molar-refractivity contribution in [2.24, 2.45) is 0 Å². The third-order valence-corrected chi connectivity index (χ3v) is 15.0. The molecule has 1 amide bonds. The highest BCUT2D eigenvalue weighted by molar-refractivity contribution is 5.76. The number of allylic oxidation sites excluding steroid dienone is 9. The van der Waals surface area contributed by atoms with Crippen LogP contribution >= 0.6 is 0 Å². The van der Waals surface area contributed by atoms with Gasteiger partial charge in [-0.15, -0.1) is 0 Å². The minimum Gasteiger partial charge on any atom is -0.394 e. The van der Waals surface area contributed by atoms with Gasteiger partial charge in [-0.2, -0.15) is 0 Å². The molecule has 3 aliphatic rings. The topological polar surface area (TPSA) is 307 Å². The van der Waals surface area contributed by atoms with Crippen LogP contribution in [0.25, 0.3) is 0 Å². The number of aliphatic hydroxyl groups is 11. The molecular formula is C61H107NO18. The Bertz CT molecular complexity index is 1700. The monoisotopic (exact) mass is 1140 g/mol. The second-order valence-corrected chi connectivity index (χ2v) is 21.8. The van der Waals surface area contributed by atoms with Crippen molar-refractivity contribution in [1.29, 1.82) is 0 Å². The Hall–Kier alpha value is -2.51. The number of hydrogen-bond acceptors (Lipinski definition) is 18. The SMILES string of the molecule is CC/C=C/CC/C=C/CC/C=C/C(O)C(COC1OC(CO)C(OC2OC(CO)C(OC3OC(CO)C(O)C(O)C3O)C(O)C2O)C(O)C1O)NC(=O)CCCCCCCCCCCCCCC/C=C\C/C=C\CCCCCCC. The highest BCUT2D eigenvalue weighted by Crippen LogP contribution is 2.33. The molecule has 0 bridgehead atoms. The summed E-state index contributed by atoms with van der Waals surface area (Å²) in [5, 5.41) is 120. The van der Waals surface area contributed by atoms with Gasteiger partial charge < -0.3 is 89.9 Å². The molecule has 19 nitrogen and oxygen atoms in total. The normalized spacial score (nSPS) is 30.4. The fraction of sp³-hybridized carbons (Fsp3) is 0.820. The molecule has 3 fully saturated rings. The first kappa shape index (κ1) is 71.8. The molecule has 3 aliphatic heterocycles. The Balaban J connectivity index is 1.43. The summed E-state index contributed by atoms with van der Waals surface area (Å²) in [5.41, 5.74) is 0. The van der Waals surface area contributed by atoms with Crippen molar-refractivity contribution in [1.82, 2.24) is 5.32 Å². The van der Waals surface area contributed by atoms with Crippen LogP contribution in [0.1, 0.15) is 187 Å². The number of amides is 1. The van der Waals surface area contributed by atoms with Crippen LogP contribution in [0.3, 0.4) is 0 Å². The third kappa shape index (κ3) is 27.5. The molecule has 0 saturated carbocycles. The zero-order valence-electron chi connectivity index (χ0n) is 48.3. The van der Waals surface area contributed by atoms with Crippen LogP contribution < -0.4 is 5.32 Å². The first-order chi connectivity index (χ1) is 38.8. The van der Waals surface area contributed by atoms with Gasteiger partial charge in [0, 0.05) is 6.42 Å². The summed E-state index contributed by atoms with van der Waals surface area (Å²) < 4.78 is 34.2. The van der Waals surface area contributed by atoms with Gasteiger partial charge in [0.25, 0.3) is 0 Å². The Morgan fingerprint density at radius 1 is 0.463 bits per heavy atom. The summed E-state index contributed by atoms with van der Waals surface area (Å²) in [5.74, 6) is -0.295. The van der Waals surface area contributed by atoms with Gasteiger partial charge in [-0.1, -0.05) is 171 Å². The quantitative estimate of drug-likeness (QED) is 0.0259. The van der Waals surface area contributed by atoms with Gasteiger partial charge in [0.05, 0.1) is 38.6 Å². The number of carbonyl (C=O) groups excluding carboxylic acids is 1. The lowest BCUT2D eigenvalue weighted by molar-refractivity contribution is -0.379. The molecule has 0 spiro atoms. The minimum atomic E-state index is -1.98.